The van der Waals surface area contributed by atoms with Crippen molar-refractivity contribution in [1.29, 1.82) is 0 Å². The molecule has 0 aliphatic rings. The average molecular weight is 270 g/mol. The van der Waals surface area contributed by atoms with Gasteiger partial charge >= 0.3 is 0 Å². The monoisotopic (exact) mass is 270 g/mol. The van der Waals surface area contributed by atoms with Crippen LogP contribution >= 0.6 is 0 Å². The molecule has 1 atom stereocenters. The van der Waals surface area contributed by atoms with Gasteiger partial charge in [0.2, 0.25) is 0 Å². The highest BCUT2D eigenvalue weighted by atomic mass is 16.5. The van der Waals surface area contributed by atoms with E-state index in [1.54, 1.807) is 7.11 Å². The van der Waals surface area contributed by atoms with E-state index in [4.69, 9.17) is 4.74 Å². The summed E-state index contributed by atoms with van der Waals surface area (Å²) < 4.78 is 5.22. The number of pyridine rings is 1. The molecule has 0 aliphatic carbocycles. The quantitative estimate of drug-likeness (QED) is 0.874. The summed E-state index contributed by atoms with van der Waals surface area (Å²) in [6.45, 7) is 5.18. The number of rotatable bonds is 6. The van der Waals surface area contributed by atoms with Gasteiger partial charge in [0, 0.05) is 6.20 Å². The lowest BCUT2D eigenvalue weighted by Gasteiger charge is -2.20. The van der Waals surface area contributed by atoms with E-state index in [2.05, 4.69) is 42.3 Å². The molecule has 106 valence electrons. The average Bonchev–Trinajstić information content (AvgIpc) is 2.53. The molecule has 0 radical (unpaired) electrons. The highest BCUT2D eigenvalue weighted by molar-refractivity contribution is 5.36. The minimum Gasteiger partial charge on any atom is -0.497 e. The summed E-state index contributed by atoms with van der Waals surface area (Å²) in [5.41, 5.74) is 3.61. The van der Waals surface area contributed by atoms with E-state index in [1.807, 2.05) is 24.4 Å². The molecule has 1 aromatic carbocycles. The molecular weight excluding hydrogens is 248 g/mol. The van der Waals surface area contributed by atoms with Crippen molar-refractivity contribution < 1.29 is 4.74 Å². The molecule has 0 fully saturated rings. The van der Waals surface area contributed by atoms with Gasteiger partial charge in [-0.2, -0.15) is 0 Å². The predicted octanol–water partition coefficient (Wildman–Crippen LogP) is 3.35. The molecule has 3 nitrogen and oxygen atoms in total. The molecular formula is C17H22N2O. The molecule has 0 saturated heterocycles. The van der Waals surface area contributed by atoms with Crippen LogP contribution in [0.25, 0.3) is 0 Å². The van der Waals surface area contributed by atoms with E-state index in [0.717, 1.165) is 24.4 Å². The Morgan fingerprint density at radius 1 is 1.15 bits per heavy atom. The highest BCUT2D eigenvalue weighted by Gasteiger charge is 2.17. The fourth-order valence-corrected chi connectivity index (χ4v) is 2.38. The summed E-state index contributed by atoms with van der Waals surface area (Å²) in [6, 6.07) is 12.5. The molecule has 1 aromatic heterocycles. The first-order valence-electron chi connectivity index (χ1n) is 7.11. The second kappa shape index (κ2) is 7.06. The maximum absolute atomic E-state index is 5.22. The number of benzene rings is 1. The molecule has 0 saturated carbocycles. The van der Waals surface area contributed by atoms with Crippen LogP contribution in [-0.2, 0) is 6.42 Å². The van der Waals surface area contributed by atoms with Gasteiger partial charge in [0.25, 0.3) is 0 Å². The largest absolute Gasteiger partial charge is 0.497 e. The van der Waals surface area contributed by atoms with Crippen LogP contribution in [0.3, 0.4) is 0 Å². The van der Waals surface area contributed by atoms with Crippen LogP contribution in [0.1, 0.15) is 36.7 Å². The maximum Gasteiger partial charge on any atom is 0.118 e. The van der Waals surface area contributed by atoms with Crippen LogP contribution in [0.5, 0.6) is 5.75 Å². The summed E-state index contributed by atoms with van der Waals surface area (Å²) in [4.78, 5) is 4.59. The Kier molecular flexibility index (Phi) is 5.13. The van der Waals surface area contributed by atoms with Crippen molar-refractivity contribution in [2.24, 2.45) is 0 Å². The van der Waals surface area contributed by atoms with Crippen LogP contribution in [-0.4, -0.2) is 18.6 Å². The van der Waals surface area contributed by atoms with E-state index in [1.165, 1.54) is 11.1 Å². The molecule has 0 aliphatic heterocycles. The van der Waals surface area contributed by atoms with Gasteiger partial charge in [-0.1, -0.05) is 32.0 Å². The van der Waals surface area contributed by atoms with E-state index in [-0.39, 0.29) is 6.04 Å². The molecule has 1 N–H and O–H groups in total. The topological polar surface area (TPSA) is 34.1 Å². The Bertz CT molecular complexity index is 537. The molecule has 2 aromatic rings. The van der Waals surface area contributed by atoms with Crippen LogP contribution < -0.4 is 10.1 Å². The first kappa shape index (κ1) is 14.5. The normalized spacial score (nSPS) is 12.2. The fourth-order valence-electron chi connectivity index (χ4n) is 2.38. The molecule has 0 amide bonds. The number of methoxy groups -OCH3 is 1. The molecule has 3 heteroatoms. The van der Waals surface area contributed by atoms with E-state index in [9.17, 15) is 0 Å². The van der Waals surface area contributed by atoms with E-state index >= 15 is 0 Å². The maximum atomic E-state index is 5.22. The van der Waals surface area contributed by atoms with Crippen molar-refractivity contribution in [3.63, 3.8) is 0 Å². The number of aromatic nitrogens is 1. The molecule has 1 unspecified atom stereocenters. The second-order valence-corrected chi connectivity index (χ2v) is 4.67. The molecule has 20 heavy (non-hydrogen) atoms. The molecule has 2 rings (SSSR count). The van der Waals surface area contributed by atoms with Gasteiger partial charge in [0.1, 0.15) is 5.75 Å². The Balaban J connectivity index is 2.39. The fraction of sp³-hybridized carbons (Fsp3) is 0.353. The molecule has 1 heterocycles. The smallest absolute Gasteiger partial charge is 0.118 e. The number of aryl methyl sites for hydroxylation is 1. The highest BCUT2D eigenvalue weighted by Crippen LogP contribution is 2.25. The standard InChI is InChI=1S/C17H22N2O/c1-4-13-7-6-12-19-16(13)17(18-5-2)14-8-10-15(20-3)11-9-14/h6-12,17-18H,4-5H2,1-3H3. The van der Waals surface area contributed by atoms with Gasteiger partial charge in [-0.3, -0.25) is 4.98 Å². The van der Waals surface area contributed by atoms with E-state index in [0.29, 0.717) is 0 Å². The minimum absolute atomic E-state index is 0.127. The number of hydrogen-bond donors (Lipinski definition) is 1. The van der Waals surface area contributed by atoms with Gasteiger partial charge in [-0.25, -0.2) is 0 Å². The SMILES string of the molecule is CCNC(c1ccc(OC)cc1)c1ncccc1CC. The first-order valence-corrected chi connectivity index (χ1v) is 7.11. The summed E-state index contributed by atoms with van der Waals surface area (Å²) in [6.07, 6.45) is 2.85. The predicted molar refractivity (Wildman–Crippen MR) is 82.1 cm³/mol. The van der Waals surface area contributed by atoms with Gasteiger partial charge in [-0.15, -0.1) is 0 Å². The Hall–Kier alpha value is -1.87. The minimum atomic E-state index is 0.127. The van der Waals surface area contributed by atoms with Crippen molar-refractivity contribution in [1.82, 2.24) is 10.3 Å². The number of nitrogens with one attached hydrogen (secondary N) is 1. The Labute approximate surface area is 121 Å². The summed E-state index contributed by atoms with van der Waals surface area (Å²) in [5, 5.41) is 3.52. The number of ether oxygens (including phenoxy) is 1. The van der Waals surface area contributed by atoms with Gasteiger partial charge in [-0.05, 0) is 42.3 Å². The Morgan fingerprint density at radius 3 is 2.50 bits per heavy atom. The third-order valence-electron chi connectivity index (χ3n) is 3.44. The van der Waals surface area contributed by atoms with Crippen LogP contribution in [0.15, 0.2) is 42.6 Å². The van der Waals surface area contributed by atoms with Crippen molar-refractivity contribution in [2.75, 3.05) is 13.7 Å². The van der Waals surface area contributed by atoms with Crippen LogP contribution in [0.4, 0.5) is 0 Å². The van der Waals surface area contributed by atoms with Crippen LogP contribution in [0.2, 0.25) is 0 Å². The van der Waals surface area contributed by atoms with Crippen molar-refractivity contribution in [3.8, 4) is 5.75 Å². The third-order valence-corrected chi connectivity index (χ3v) is 3.44. The van der Waals surface area contributed by atoms with Crippen molar-refractivity contribution >= 4 is 0 Å². The lowest BCUT2D eigenvalue weighted by molar-refractivity contribution is 0.414. The summed E-state index contributed by atoms with van der Waals surface area (Å²) in [5.74, 6) is 0.876. The van der Waals surface area contributed by atoms with Gasteiger partial charge < -0.3 is 10.1 Å². The molecule has 0 bridgehead atoms. The second-order valence-electron chi connectivity index (χ2n) is 4.67. The molecule has 0 spiro atoms. The summed E-state index contributed by atoms with van der Waals surface area (Å²) >= 11 is 0. The number of hydrogen-bond acceptors (Lipinski definition) is 3. The van der Waals surface area contributed by atoms with Crippen molar-refractivity contribution in [3.05, 3.63) is 59.4 Å². The van der Waals surface area contributed by atoms with Crippen molar-refractivity contribution in [2.45, 2.75) is 26.3 Å². The van der Waals surface area contributed by atoms with Gasteiger partial charge in [0.15, 0.2) is 0 Å². The first-order chi connectivity index (χ1) is 9.80. The van der Waals surface area contributed by atoms with Gasteiger partial charge in [0.05, 0.1) is 18.8 Å². The van der Waals surface area contributed by atoms with Crippen LogP contribution in [0, 0.1) is 0 Å². The zero-order valence-electron chi connectivity index (χ0n) is 12.4. The zero-order valence-corrected chi connectivity index (χ0v) is 12.4. The third kappa shape index (κ3) is 3.17. The van der Waals surface area contributed by atoms with E-state index < -0.39 is 0 Å². The lowest BCUT2D eigenvalue weighted by Crippen LogP contribution is -2.24. The lowest BCUT2D eigenvalue weighted by atomic mass is 9.98. The summed E-state index contributed by atoms with van der Waals surface area (Å²) in [7, 11) is 1.69. The zero-order chi connectivity index (χ0) is 14.4. The number of nitrogens with zero attached hydrogens (tertiary/aromatic N) is 1. The Morgan fingerprint density at radius 2 is 1.90 bits per heavy atom.